The van der Waals surface area contributed by atoms with Crippen molar-refractivity contribution in [2.75, 3.05) is 13.7 Å². The summed E-state index contributed by atoms with van der Waals surface area (Å²) in [4.78, 5) is 12.2. The van der Waals surface area contributed by atoms with Crippen molar-refractivity contribution in [1.82, 2.24) is 0 Å². The van der Waals surface area contributed by atoms with E-state index in [-0.39, 0.29) is 24.3 Å². The summed E-state index contributed by atoms with van der Waals surface area (Å²) in [6, 6.07) is 2.51. The van der Waals surface area contributed by atoms with Gasteiger partial charge in [-0.15, -0.1) is 0 Å². The lowest BCUT2D eigenvalue weighted by Crippen LogP contribution is -2.43. The standard InChI is InChI=1S/C18H22F4O4/c1-5-10-13(19)8-7-11(14(10)24-4)12-9-17(3,18(20,21)22)26-15(12)16(23)25-6-2/h7-8,12,15H,5-6,9H2,1-4H3/t12-,15-,17+/m0/s1. The molecule has 146 valence electrons. The molecule has 0 amide bonds. The van der Waals surface area contributed by atoms with Gasteiger partial charge in [-0.2, -0.15) is 13.2 Å². The molecule has 0 bridgehead atoms. The number of hydrogen-bond donors (Lipinski definition) is 0. The second-order valence-electron chi connectivity index (χ2n) is 6.33. The number of carbonyl (C=O) groups excluding carboxylic acids is 1. The smallest absolute Gasteiger partial charge is 0.417 e. The molecule has 2 rings (SSSR count). The summed E-state index contributed by atoms with van der Waals surface area (Å²) in [5.74, 6) is -2.23. The van der Waals surface area contributed by atoms with Gasteiger partial charge in [0.25, 0.3) is 0 Å². The van der Waals surface area contributed by atoms with Crippen LogP contribution < -0.4 is 4.74 Å². The number of alkyl halides is 3. The van der Waals surface area contributed by atoms with Gasteiger partial charge in [-0.1, -0.05) is 13.0 Å². The van der Waals surface area contributed by atoms with Gasteiger partial charge in [-0.05, 0) is 32.8 Å². The Labute approximate surface area is 149 Å². The summed E-state index contributed by atoms with van der Waals surface area (Å²) in [6.07, 6.45) is -6.33. The van der Waals surface area contributed by atoms with Crippen LogP contribution >= 0.6 is 0 Å². The SMILES string of the molecule is CCOC(=O)[C@H]1O[C@@](C)(C(F)(F)F)C[C@H]1c1ccc(F)c(CC)c1OC. The number of halogens is 4. The maximum Gasteiger partial charge on any atom is 0.417 e. The second-order valence-corrected chi connectivity index (χ2v) is 6.33. The van der Waals surface area contributed by atoms with E-state index in [0.29, 0.717) is 5.56 Å². The van der Waals surface area contributed by atoms with Crippen molar-refractivity contribution in [3.05, 3.63) is 29.1 Å². The fourth-order valence-electron chi connectivity index (χ4n) is 3.31. The number of esters is 1. The van der Waals surface area contributed by atoms with Crippen molar-refractivity contribution in [1.29, 1.82) is 0 Å². The van der Waals surface area contributed by atoms with Gasteiger partial charge >= 0.3 is 12.1 Å². The van der Waals surface area contributed by atoms with E-state index in [4.69, 9.17) is 14.2 Å². The van der Waals surface area contributed by atoms with Gasteiger partial charge in [0.15, 0.2) is 11.7 Å². The van der Waals surface area contributed by atoms with Crippen LogP contribution in [0.4, 0.5) is 17.6 Å². The first-order valence-corrected chi connectivity index (χ1v) is 8.36. The van der Waals surface area contributed by atoms with Crippen LogP contribution in [0.2, 0.25) is 0 Å². The number of hydrogen-bond acceptors (Lipinski definition) is 4. The van der Waals surface area contributed by atoms with E-state index < -0.39 is 42.0 Å². The lowest BCUT2D eigenvalue weighted by molar-refractivity contribution is -0.264. The summed E-state index contributed by atoms with van der Waals surface area (Å²) in [6.45, 7) is 4.17. The molecule has 0 N–H and O–H groups in total. The van der Waals surface area contributed by atoms with Crippen molar-refractivity contribution >= 4 is 5.97 Å². The first-order valence-electron chi connectivity index (χ1n) is 8.36. The van der Waals surface area contributed by atoms with Crippen LogP contribution in [-0.4, -0.2) is 37.6 Å². The van der Waals surface area contributed by atoms with Crippen molar-refractivity contribution in [3.8, 4) is 5.75 Å². The van der Waals surface area contributed by atoms with E-state index >= 15 is 0 Å². The summed E-state index contributed by atoms with van der Waals surface area (Å²) < 4.78 is 69.8. The molecule has 3 atom stereocenters. The monoisotopic (exact) mass is 378 g/mol. The fraction of sp³-hybridized carbons (Fsp3) is 0.611. The van der Waals surface area contributed by atoms with Crippen molar-refractivity contribution in [2.24, 2.45) is 0 Å². The quantitative estimate of drug-likeness (QED) is 0.570. The van der Waals surface area contributed by atoms with Crippen LogP contribution in [0, 0.1) is 5.82 Å². The molecule has 0 aromatic heterocycles. The molecule has 1 heterocycles. The number of methoxy groups -OCH3 is 1. The average Bonchev–Trinajstić information content (AvgIpc) is 2.93. The molecule has 8 heteroatoms. The minimum Gasteiger partial charge on any atom is -0.496 e. The Balaban J connectivity index is 2.56. The minimum absolute atomic E-state index is 0.00884. The molecule has 0 aliphatic carbocycles. The molecule has 26 heavy (non-hydrogen) atoms. The van der Waals surface area contributed by atoms with Crippen LogP contribution in [-0.2, 0) is 20.7 Å². The van der Waals surface area contributed by atoms with Crippen LogP contribution in [0.3, 0.4) is 0 Å². The van der Waals surface area contributed by atoms with Gasteiger partial charge in [-0.25, -0.2) is 9.18 Å². The average molecular weight is 378 g/mol. The Hall–Kier alpha value is -1.83. The van der Waals surface area contributed by atoms with Crippen LogP contribution in [0.1, 0.15) is 44.2 Å². The highest BCUT2D eigenvalue weighted by Gasteiger charge is 2.61. The molecule has 1 saturated heterocycles. The van der Waals surface area contributed by atoms with Gasteiger partial charge in [-0.3, -0.25) is 0 Å². The Morgan fingerprint density at radius 3 is 2.50 bits per heavy atom. The zero-order valence-corrected chi connectivity index (χ0v) is 15.1. The lowest BCUT2D eigenvalue weighted by Gasteiger charge is -2.26. The lowest BCUT2D eigenvalue weighted by atomic mass is 9.85. The van der Waals surface area contributed by atoms with Crippen LogP contribution in [0.5, 0.6) is 5.75 Å². The predicted octanol–water partition coefficient (Wildman–Crippen LogP) is 4.15. The van der Waals surface area contributed by atoms with Crippen molar-refractivity contribution < 1.29 is 36.6 Å². The summed E-state index contributed by atoms with van der Waals surface area (Å²) in [5, 5.41) is 0. The molecule has 0 saturated carbocycles. The third-order valence-corrected chi connectivity index (χ3v) is 4.67. The Kier molecular flexibility index (Phi) is 5.85. The topological polar surface area (TPSA) is 44.8 Å². The summed E-state index contributed by atoms with van der Waals surface area (Å²) in [7, 11) is 1.32. The van der Waals surface area contributed by atoms with Gasteiger partial charge < -0.3 is 14.2 Å². The van der Waals surface area contributed by atoms with E-state index in [1.165, 1.54) is 19.2 Å². The van der Waals surface area contributed by atoms with Gasteiger partial charge in [0.05, 0.1) is 13.7 Å². The minimum atomic E-state index is -4.67. The zero-order chi connectivity index (χ0) is 19.7. The molecule has 1 aliphatic heterocycles. The van der Waals surface area contributed by atoms with Gasteiger partial charge in [0.1, 0.15) is 11.6 Å². The zero-order valence-electron chi connectivity index (χ0n) is 15.1. The third-order valence-electron chi connectivity index (χ3n) is 4.67. The van der Waals surface area contributed by atoms with E-state index in [2.05, 4.69) is 0 Å². The Morgan fingerprint density at radius 1 is 1.35 bits per heavy atom. The molecule has 0 radical (unpaired) electrons. The van der Waals surface area contributed by atoms with Crippen LogP contribution in [0.15, 0.2) is 12.1 Å². The Bertz CT molecular complexity index is 674. The molecular formula is C18H22F4O4. The largest absolute Gasteiger partial charge is 0.496 e. The highest BCUT2D eigenvalue weighted by molar-refractivity contribution is 5.77. The van der Waals surface area contributed by atoms with Crippen molar-refractivity contribution in [3.63, 3.8) is 0 Å². The molecule has 0 unspecified atom stereocenters. The molecule has 1 fully saturated rings. The molecule has 1 aliphatic rings. The van der Waals surface area contributed by atoms with Crippen LogP contribution in [0.25, 0.3) is 0 Å². The van der Waals surface area contributed by atoms with E-state index in [1.54, 1.807) is 13.8 Å². The maximum atomic E-state index is 14.0. The molecule has 4 nitrogen and oxygen atoms in total. The summed E-state index contributed by atoms with van der Waals surface area (Å²) in [5.41, 5.74) is -1.97. The van der Waals surface area contributed by atoms with E-state index in [0.717, 1.165) is 6.92 Å². The normalized spacial score (nSPS) is 26.0. The maximum absolute atomic E-state index is 14.0. The molecule has 1 aromatic rings. The molecule has 1 aromatic carbocycles. The highest BCUT2D eigenvalue weighted by Crippen LogP contribution is 2.51. The number of ether oxygens (including phenoxy) is 3. The molecule has 0 spiro atoms. The van der Waals surface area contributed by atoms with E-state index in [9.17, 15) is 22.4 Å². The third kappa shape index (κ3) is 3.51. The highest BCUT2D eigenvalue weighted by atomic mass is 19.4. The molecular weight excluding hydrogens is 356 g/mol. The van der Waals surface area contributed by atoms with Gasteiger partial charge in [0.2, 0.25) is 0 Å². The number of benzene rings is 1. The predicted molar refractivity (Wildman–Crippen MR) is 85.7 cm³/mol. The fourth-order valence-corrected chi connectivity index (χ4v) is 3.31. The summed E-state index contributed by atoms with van der Waals surface area (Å²) >= 11 is 0. The van der Waals surface area contributed by atoms with Gasteiger partial charge in [0, 0.05) is 17.0 Å². The first kappa shape index (κ1) is 20.5. The van der Waals surface area contributed by atoms with E-state index in [1.807, 2.05) is 0 Å². The second kappa shape index (κ2) is 7.42. The number of carbonyl (C=O) groups is 1. The number of rotatable bonds is 5. The Morgan fingerprint density at radius 2 is 2.00 bits per heavy atom. The first-order chi connectivity index (χ1) is 12.1. The van der Waals surface area contributed by atoms with Crippen molar-refractivity contribution in [2.45, 2.75) is 57.4 Å².